The van der Waals surface area contributed by atoms with Gasteiger partial charge in [0, 0.05) is 49.9 Å². The van der Waals surface area contributed by atoms with Crippen molar-refractivity contribution in [2.45, 2.75) is 63.5 Å². The number of fused-ring (bicyclic) bond motifs is 2. The summed E-state index contributed by atoms with van der Waals surface area (Å²) in [6.45, 7) is 8.02. The van der Waals surface area contributed by atoms with Gasteiger partial charge in [0.1, 0.15) is 22.8 Å². The molecule has 0 amide bonds. The standard InChI is InChI=1S/C35H37F2N7O/c1-6-24-27(36)10-9-21-16-22(34(2,3)20-38)17-25(28(21)24)30-29(37)31-26(18-40-30)32(43(5)19-23-8-7-13-39-23)42-33(41-31)44-14-11-35(4,45)12-15-44/h1,9-10,16-18,23,39,45H,7-8,11-15,19H2,2-5H3/t23-/m0/s1. The maximum atomic E-state index is 17.0. The van der Waals surface area contributed by atoms with Crippen LogP contribution in [0.2, 0.25) is 0 Å². The number of nitrogens with zero attached hydrogens (tertiary/aromatic N) is 6. The molecule has 2 aromatic carbocycles. The van der Waals surface area contributed by atoms with Gasteiger partial charge in [0.15, 0.2) is 5.82 Å². The lowest BCUT2D eigenvalue weighted by atomic mass is 9.82. The highest BCUT2D eigenvalue weighted by Gasteiger charge is 2.31. The summed E-state index contributed by atoms with van der Waals surface area (Å²) in [4.78, 5) is 18.2. The Balaban J connectivity index is 1.59. The lowest BCUT2D eigenvalue weighted by Crippen LogP contribution is -2.43. The highest BCUT2D eigenvalue weighted by Crippen LogP contribution is 2.40. The SMILES string of the molecule is C#Cc1c(F)ccc2cc(C(C)(C)C#N)cc(-c3ncc4c(N(C)C[C@@H]5CCCN5)nc(N5CCC(C)(O)CC5)nc4c3F)c12. The van der Waals surface area contributed by atoms with Gasteiger partial charge in [-0.2, -0.15) is 10.2 Å². The van der Waals surface area contributed by atoms with E-state index in [2.05, 4.69) is 22.3 Å². The molecule has 0 radical (unpaired) electrons. The molecule has 0 aliphatic carbocycles. The molecule has 4 heterocycles. The highest BCUT2D eigenvalue weighted by molar-refractivity contribution is 6.03. The Labute approximate surface area is 262 Å². The van der Waals surface area contributed by atoms with E-state index in [0.717, 1.165) is 19.4 Å². The number of rotatable bonds is 6. The van der Waals surface area contributed by atoms with Crippen molar-refractivity contribution in [3.05, 3.63) is 53.2 Å². The Hall–Kier alpha value is -4.38. The minimum Gasteiger partial charge on any atom is -0.390 e. The second-order valence-electron chi connectivity index (χ2n) is 13.1. The predicted octanol–water partition coefficient (Wildman–Crippen LogP) is 5.45. The average molecular weight is 610 g/mol. The van der Waals surface area contributed by atoms with Crippen LogP contribution in [0.4, 0.5) is 20.5 Å². The third-order valence-electron chi connectivity index (χ3n) is 9.26. The second-order valence-corrected chi connectivity index (χ2v) is 13.1. The molecule has 0 bridgehead atoms. The first kappa shape index (κ1) is 30.6. The van der Waals surface area contributed by atoms with Gasteiger partial charge in [-0.1, -0.05) is 12.0 Å². The maximum absolute atomic E-state index is 17.0. The number of halogens is 2. The van der Waals surface area contributed by atoms with E-state index in [9.17, 15) is 10.4 Å². The minimum absolute atomic E-state index is 0.00153. The molecule has 2 aliphatic rings. The van der Waals surface area contributed by atoms with Crippen molar-refractivity contribution in [2.24, 2.45) is 0 Å². The van der Waals surface area contributed by atoms with Gasteiger partial charge in [-0.3, -0.25) is 4.98 Å². The van der Waals surface area contributed by atoms with Crippen LogP contribution >= 0.6 is 0 Å². The molecule has 8 nitrogen and oxygen atoms in total. The molecule has 10 heteroatoms. The number of aliphatic hydroxyl groups is 1. The number of piperidine rings is 1. The molecule has 45 heavy (non-hydrogen) atoms. The number of anilines is 2. The molecule has 232 valence electrons. The predicted molar refractivity (Wildman–Crippen MR) is 173 cm³/mol. The number of hydrogen-bond donors (Lipinski definition) is 2. The summed E-state index contributed by atoms with van der Waals surface area (Å²) in [5.41, 5.74) is -0.748. The van der Waals surface area contributed by atoms with Crippen LogP contribution < -0.4 is 15.1 Å². The van der Waals surface area contributed by atoms with Crippen molar-refractivity contribution in [1.29, 1.82) is 5.26 Å². The molecule has 2 aliphatic heterocycles. The van der Waals surface area contributed by atoms with E-state index >= 15 is 8.78 Å². The third kappa shape index (κ3) is 5.65. The molecule has 6 rings (SSSR count). The Morgan fingerprint density at radius 2 is 1.98 bits per heavy atom. The fourth-order valence-corrected chi connectivity index (χ4v) is 6.36. The van der Waals surface area contributed by atoms with Gasteiger partial charge in [0.25, 0.3) is 0 Å². The van der Waals surface area contributed by atoms with Crippen molar-refractivity contribution in [3.63, 3.8) is 0 Å². The quantitative estimate of drug-likeness (QED) is 0.279. The van der Waals surface area contributed by atoms with E-state index in [0.29, 0.717) is 66.0 Å². The van der Waals surface area contributed by atoms with Gasteiger partial charge >= 0.3 is 0 Å². The van der Waals surface area contributed by atoms with E-state index in [4.69, 9.17) is 16.4 Å². The summed E-state index contributed by atoms with van der Waals surface area (Å²) in [7, 11) is 1.93. The van der Waals surface area contributed by atoms with Crippen molar-refractivity contribution < 1.29 is 13.9 Å². The molecule has 0 unspecified atom stereocenters. The first-order chi connectivity index (χ1) is 21.4. The largest absolute Gasteiger partial charge is 0.390 e. The van der Waals surface area contributed by atoms with Gasteiger partial charge in [-0.15, -0.1) is 6.42 Å². The molecule has 4 aromatic rings. The van der Waals surface area contributed by atoms with Crippen LogP contribution in [0.15, 0.2) is 30.5 Å². The van der Waals surface area contributed by atoms with Crippen molar-refractivity contribution in [2.75, 3.05) is 43.0 Å². The molecule has 0 saturated carbocycles. The molecule has 2 fully saturated rings. The van der Waals surface area contributed by atoms with Gasteiger partial charge in [-0.25, -0.2) is 13.8 Å². The molecule has 0 spiro atoms. The first-order valence-corrected chi connectivity index (χ1v) is 15.4. The summed E-state index contributed by atoms with van der Waals surface area (Å²) in [5, 5.41) is 25.3. The molecule has 2 aromatic heterocycles. The van der Waals surface area contributed by atoms with Gasteiger partial charge in [-0.05, 0) is 82.1 Å². The summed E-state index contributed by atoms with van der Waals surface area (Å²) < 4.78 is 32.0. The van der Waals surface area contributed by atoms with Crippen LogP contribution in [0, 0.1) is 35.3 Å². The van der Waals surface area contributed by atoms with Crippen LogP contribution in [0.1, 0.15) is 57.6 Å². The van der Waals surface area contributed by atoms with Crippen LogP contribution in [-0.4, -0.2) is 64.9 Å². The zero-order valence-electron chi connectivity index (χ0n) is 26.1. The highest BCUT2D eigenvalue weighted by atomic mass is 19.1. The Bertz CT molecular complexity index is 1880. The number of pyridine rings is 1. The van der Waals surface area contributed by atoms with E-state index in [1.165, 1.54) is 6.07 Å². The van der Waals surface area contributed by atoms with Crippen molar-refractivity contribution in [3.8, 4) is 29.7 Å². The third-order valence-corrected chi connectivity index (χ3v) is 9.26. The molecular formula is C35H37F2N7O. The summed E-state index contributed by atoms with van der Waals surface area (Å²) >= 11 is 0. The zero-order valence-corrected chi connectivity index (χ0v) is 26.1. The number of nitrogens with one attached hydrogen (secondary N) is 1. The summed E-state index contributed by atoms with van der Waals surface area (Å²) in [5.74, 6) is 2.08. The van der Waals surface area contributed by atoms with Gasteiger partial charge in [0.2, 0.25) is 5.95 Å². The number of terminal acetylenes is 1. The molecule has 2 N–H and O–H groups in total. The number of hydrogen-bond acceptors (Lipinski definition) is 8. The normalized spacial score (nSPS) is 18.2. The van der Waals surface area contributed by atoms with Crippen molar-refractivity contribution >= 4 is 33.4 Å². The Kier molecular flexibility index (Phi) is 7.84. The monoisotopic (exact) mass is 609 g/mol. The van der Waals surface area contributed by atoms with E-state index in [1.807, 2.05) is 23.8 Å². The van der Waals surface area contributed by atoms with Crippen LogP contribution in [0.3, 0.4) is 0 Å². The second kappa shape index (κ2) is 11.5. The average Bonchev–Trinajstić information content (AvgIpc) is 3.53. The molecule has 1 atom stereocenters. The van der Waals surface area contributed by atoms with E-state index < -0.39 is 22.7 Å². The van der Waals surface area contributed by atoms with Crippen molar-refractivity contribution in [1.82, 2.24) is 20.3 Å². The number of aromatic nitrogens is 3. The Morgan fingerprint density at radius 1 is 1.22 bits per heavy atom. The fourth-order valence-electron chi connectivity index (χ4n) is 6.36. The summed E-state index contributed by atoms with van der Waals surface area (Å²) in [6, 6.07) is 8.91. The van der Waals surface area contributed by atoms with Crippen LogP contribution in [-0.2, 0) is 5.41 Å². The number of nitriles is 1. The molecular weight excluding hydrogens is 572 g/mol. The minimum atomic E-state index is -0.921. The van der Waals surface area contributed by atoms with E-state index in [-0.39, 0.29) is 28.4 Å². The summed E-state index contributed by atoms with van der Waals surface area (Å²) in [6.07, 6.45) is 10.5. The topological polar surface area (TPSA) is 101 Å². The lowest BCUT2D eigenvalue weighted by Gasteiger charge is -2.36. The smallest absolute Gasteiger partial charge is 0.228 e. The van der Waals surface area contributed by atoms with Gasteiger partial charge in [0.05, 0.1) is 28.0 Å². The number of benzene rings is 2. The fraction of sp³-hybridized carbons (Fsp3) is 0.429. The lowest BCUT2D eigenvalue weighted by molar-refractivity contribution is 0.0349. The van der Waals surface area contributed by atoms with Gasteiger partial charge < -0.3 is 20.2 Å². The Morgan fingerprint density at radius 3 is 2.64 bits per heavy atom. The van der Waals surface area contributed by atoms with Crippen LogP contribution in [0.5, 0.6) is 0 Å². The molecule has 2 saturated heterocycles. The number of likely N-dealkylation sites (N-methyl/N-ethyl adjacent to an activating group) is 1. The van der Waals surface area contributed by atoms with E-state index in [1.54, 1.807) is 38.2 Å². The first-order valence-electron chi connectivity index (χ1n) is 15.4. The maximum Gasteiger partial charge on any atom is 0.228 e. The zero-order chi connectivity index (χ0) is 32.1. The van der Waals surface area contributed by atoms with Crippen LogP contribution in [0.25, 0.3) is 32.9 Å².